The number of benzene rings is 1. The number of amides is 1. The average Bonchev–Trinajstić information content (AvgIpc) is 2.64. The van der Waals surface area contributed by atoms with Gasteiger partial charge in [0.1, 0.15) is 5.82 Å². The first-order valence-corrected chi connectivity index (χ1v) is 9.75. The highest BCUT2D eigenvalue weighted by molar-refractivity contribution is 7.99. The molecular formula is C18H21ClN4OS. The Balaban J connectivity index is 1.57. The fourth-order valence-electron chi connectivity index (χ4n) is 2.75. The van der Waals surface area contributed by atoms with Gasteiger partial charge in [0.2, 0.25) is 5.91 Å². The third-order valence-electron chi connectivity index (χ3n) is 4.10. The van der Waals surface area contributed by atoms with Crippen molar-refractivity contribution in [2.45, 2.75) is 31.3 Å². The van der Waals surface area contributed by atoms with Crippen LogP contribution in [0.2, 0.25) is 5.02 Å². The van der Waals surface area contributed by atoms with Crippen LogP contribution in [0.25, 0.3) is 0 Å². The van der Waals surface area contributed by atoms with Crippen LogP contribution >= 0.6 is 23.4 Å². The van der Waals surface area contributed by atoms with Gasteiger partial charge in [0.15, 0.2) is 5.16 Å². The van der Waals surface area contributed by atoms with Gasteiger partial charge in [0, 0.05) is 30.0 Å². The third kappa shape index (κ3) is 5.09. The van der Waals surface area contributed by atoms with E-state index < -0.39 is 0 Å². The molecule has 0 saturated carbocycles. The molecule has 1 saturated heterocycles. The summed E-state index contributed by atoms with van der Waals surface area (Å²) in [6.07, 6.45) is 5.45. The van der Waals surface area contributed by atoms with Gasteiger partial charge in [-0.2, -0.15) is 0 Å². The summed E-state index contributed by atoms with van der Waals surface area (Å²) in [5, 5.41) is 4.12. The fraction of sp³-hybridized carbons (Fsp3) is 0.389. The Kier molecular flexibility index (Phi) is 6.15. The molecule has 0 bridgehead atoms. The summed E-state index contributed by atoms with van der Waals surface area (Å²) < 4.78 is 0. The maximum atomic E-state index is 12.2. The maximum Gasteiger partial charge on any atom is 0.234 e. The highest BCUT2D eigenvalue weighted by Crippen LogP contribution is 2.22. The number of aromatic nitrogens is 2. The Hall–Kier alpha value is -1.79. The monoisotopic (exact) mass is 376 g/mol. The number of thioether (sulfide) groups is 1. The molecule has 2 heterocycles. The molecule has 1 aromatic heterocycles. The van der Waals surface area contributed by atoms with Crippen molar-refractivity contribution in [3.05, 3.63) is 41.0 Å². The van der Waals surface area contributed by atoms with Crippen LogP contribution in [0.3, 0.4) is 0 Å². The predicted molar refractivity (Wildman–Crippen MR) is 104 cm³/mol. The van der Waals surface area contributed by atoms with E-state index in [1.807, 2.05) is 19.1 Å². The van der Waals surface area contributed by atoms with Crippen LogP contribution in [-0.2, 0) is 4.79 Å². The predicted octanol–water partition coefficient (Wildman–Crippen LogP) is 4.16. The molecule has 0 radical (unpaired) electrons. The number of nitrogens with one attached hydrogen (secondary N) is 1. The number of rotatable bonds is 5. The van der Waals surface area contributed by atoms with Crippen molar-refractivity contribution in [1.82, 2.24) is 9.97 Å². The average molecular weight is 377 g/mol. The van der Waals surface area contributed by atoms with Gasteiger partial charge in [0.05, 0.1) is 5.75 Å². The number of nitrogens with zero attached hydrogens (tertiary/aromatic N) is 3. The minimum atomic E-state index is -0.0951. The maximum absolute atomic E-state index is 12.2. The second kappa shape index (κ2) is 8.54. The molecular weight excluding hydrogens is 356 g/mol. The molecule has 7 heteroatoms. The Bertz CT molecular complexity index is 750. The highest BCUT2D eigenvalue weighted by atomic mass is 35.5. The van der Waals surface area contributed by atoms with Crippen LogP contribution in [0.15, 0.2) is 35.6 Å². The molecule has 2 aromatic rings. The van der Waals surface area contributed by atoms with Crippen LogP contribution in [0.1, 0.15) is 24.8 Å². The molecule has 3 rings (SSSR count). The van der Waals surface area contributed by atoms with Crippen molar-refractivity contribution in [3.8, 4) is 0 Å². The number of hydrogen-bond acceptors (Lipinski definition) is 5. The first kappa shape index (κ1) is 18.0. The molecule has 1 N–H and O–H groups in total. The third-order valence-corrected chi connectivity index (χ3v) is 5.20. The zero-order chi connectivity index (χ0) is 17.6. The van der Waals surface area contributed by atoms with Crippen LogP contribution in [-0.4, -0.2) is 34.7 Å². The van der Waals surface area contributed by atoms with E-state index in [2.05, 4.69) is 20.2 Å². The summed E-state index contributed by atoms with van der Waals surface area (Å²) >= 11 is 7.33. The normalized spacial score (nSPS) is 14.4. The van der Waals surface area contributed by atoms with Gasteiger partial charge in [-0.15, -0.1) is 0 Å². The molecule has 1 aromatic carbocycles. The molecule has 1 amide bonds. The van der Waals surface area contributed by atoms with E-state index in [9.17, 15) is 4.79 Å². The largest absolute Gasteiger partial charge is 0.356 e. The Labute approximate surface area is 157 Å². The minimum Gasteiger partial charge on any atom is -0.356 e. The van der Waals surface area contributed by atoms with Gasteiger partial charge < -0.3 is 10.2 Å². The topological polar surface area (TPSA) is 58.1 Å². The molecule has 0 atom stereocenters. The standard InChI is InChI=1S/C18H21ClN4OS/c1-13-5-6-14(19)11-15(13)21-17(24)12-25-18-20-8-7-16(22-18)23-9-3-2-4-10-23/h5-8,11H,2-4,9-10,12H2,1H3,(H,21,24). The lowest BCUT2D eigenvalue weighted by Gasteiger charge is -2.27. The first-order valence-electron chi connectivity index (χ1n) is 8.38. The van der Waals surface area contributed by atoms with Gasteiger partial charge in [0.25, 0.3) is 0 Å². The van der Waals surface area contributed by atoms with Gasteiger partial charge >= 0.3 is 0 Å². The van der Waals surface area contributed by atoms with E-state index in [1.165, 1.54) is 31.0 Å². The first-order chi connectivity index (χ1) is 12.1. The summed E-state index contributed by atoms with van der Waals surface area (Å²) in [5.74, 6) is 1.11. The van der Waals surface area contributed by atoms with Gasteiger partial charge in [-0.1, -0.05) is 29.4 Å². The summed E-state index contributed by atoms with van der Waals surface area (Å²) in [6, 6.07) is 7.38. The van der Waals surface area contributed by atoms with E-state index in [4.69, 9.17) is 11.6 Å². The summed E-state index contributed by atoms with van der Waals surface area (Å²) in [4.78, 5) is 23.3. The van der Waals surface area contributed by atoms with Crippen LogP contribution < -0.4 is 10.2 Å². The summed E-state index contributed by atoms with van der Waals surface area (Å²) in [5.41, 5.74) is 1.71. The second-order valence-corrected chi connectivity index (χ2v) is 7.42. The van der Waals surface area contributed by atoms with Crippen molar-refractivity contribution < 1.29 is 4.79 Å². The molecule has 132 valence electrons. The Morgan fingerprint density at radius 1 is 1.28 bits per heavy atom. The Morgan fingerprint density at radius 3 is 2.88 bits per heavy atom. The van der Waals surface area contributed by atoms with Gasteiger partial charge in [-0.3, -0.25) is 4.79 Å². The van der Waals surface area contributed by atoms with E-state index in [-0.39, 0.29) is 11.7 Å². The van der Waals surface area contributed by atoms with Gasteiger partial charge in [-0.05, 0) is 49.9 Å². The molecule has 5 nitrogen and oxygen atoms in total. The van der Waals surface area contributed by atoms with Crippen LogP contribution in [0.4, 0.5) is 11.5 Å². The highest BCUT2D eigenvalue weighted by Gasteiger charge is 2.13. The van der Waals surface area contributed by atoms with E-state index in [1.54, 1.807) is 18.3 Å². The SMILES string of the molecule is Cc1ccc(Cl)cc1NC(=O)CSc1nccc(N2CCCCC2)n1. The molecule has 0 unspecified atom stereocenters. The summed E-state index contributed by atoms with van der Waals surface area (Å²) in [6.45, 7) is 4.01. The molecule has 1 fully saturated rings. The number of carbonyl (C=O) groups excluding carboxylic acids is 1. The van der Waals surface area contributed by atoms with Crippen LogP contribution in [0, 0.1) is 6.92 Å². The minimum absolute atomic E-state index is 0.0951. The number of carbonyl (C=O) groups is 1. The quantitative estimate of drug-likeness (QED) is 0.627. The van der Waals surface area contributed by atoms with Crippen molar-refractivity contribution in [2.24, 2.45) is 0 Å². The van der Waals surface area contributed by atoms with Crippen molar-refractivity contribution in [1.29, 1.82) is 0 Å². The fourth-order valence-corrected chi connectivity index (χ4v) is 3.54. The zero-order valence-electron chi connectivity index (χ0n) is 14.2. The molecule has 1 aliphatic heterocycles. The van der Waals surface area contributed by atoms with Gasteiger partial charge in [-0.25, -0.2) is 9.97 Å². The van der Waals surface area contributed by atoms with E-state index in [0.717, 1.165) is 30.2 Å². The van der Waals surface area contributed by atoms with E-state index >= 15 is 0 Å². The number of hydrogen-bond donors (Lipinski definition) is 1. The number of halogens is 1. The van der Waals surface area contributed by atoms with Crippen LogP contribution in [0.5, 0.6) is 0 Å². The lowest BCUT2D eigenvalue weighted by Crippen LogP contribution is -2.30. The lowest BCUT2D eigenvalue weighted by atomic mass is 10.1. The second-order valence-electron chi connectivity index (χ2n) is 6.04. The molecule has 0 spiro atoms. The van der Waals surface area contributed by atoms with Crippen molar-refractivity contribution >= 4 is 40.8 Å². The lowest BCUT2D eigenvalue weighted by molar-refractivity contribution is -0.113. The Morgan fingerprint density at radius 2 is 2.08 bits per heavy atom. The molecule has 25 heavy (non-hydrogen) atoms. The number of anilines is 2. The van der Waals surface area contributed by atoms with Crippen molar-refractivity contribution in [2.75, 3.05) is 29.1 Å². The number of piperidine rings is 1. The smallest absolute Gasteiger partial charge is 0.234 e. The number of aryl methyl sites for hydroxylation is 1. The van der Waals surface area contributed by atoms with Crippen molar-refractivity contribution in [3.63, 3.8) is 0 Å². The molecule has 0 aliphatic carbocycles. The molecule has 1 aliphatic rings. The summed E-state index contributed by atoms with van der Waals surface area (Å²) in [7, 11) is 0. The van der Waals surface area contributed by atoms with E-state index in [0.29, 0.717) is 10.2 Å². The zero-order valence-corrected chi connectivity index (χ0v) is 15.7.